The molecule has 2 unspecified atom stereocenters. The molecule has 0 spiro atoms. The summed E-state index contributed by atoms with van der Waals surface area (Å²) in [7, 11) is -9.87. The molecule has 498 valence electrons. The smallest absolute Gasteiger partial charge is 0.462 e. The predicted octanol–water partition coefficient (Wildman–Crippen LogP) is 18.0. The Balaban J connectivity index is 5.04. The Kier molecular flexibility index (Phi) is 56.2. The summed E-state index contributed by atoms with van der Waals surface area (Å²) in [5, 5.41) is 10.5. The number of hydrogen-bond acceptors (Lipinski definition) is 15. The number of carbonyl (C=O) groups excluding carboxylic acids is 4. The summed E-state index contributed by atoms with van der Waals surface area (Å²) in [5.41, 5.74) is 0. The molecule has 17 nitrogen and oxygen atoms in total. The molecule has 5 atom stereocenters. The van der Waals surface area contributed by atoms with Gasteiger partial charge in [-0.15, -0.1) is 0 Å². The van der Waals surface area contributed by atoms with Crippen LogP contribution in [0.5, 0.6) is 0 Å². The molecule has 0 rings (SSSR count). The van der Waals surface area contributed by atoms with Crippen LogP contribution in [0.25, 0.3) is 0 Å². The number of carbonyl (C=O) groups is 4. The van der Waals surface area contributed by atoms with Gasteiger partial charge in [0.1, 0.15) is 19.3 Å². The molecule has 0 fully saturated rings. The van der Waals surface area contributed by atoms with Gasteiger partial charge < -0.3 is 33.8 Å². The fourth-order valence-electron chi connectivity index (χ4n) is 9.71. The number of esters is 4. The van der Waals surface area contributed by atoms with Crippen LogP contribution in [0.2, 0.25) is 0 Å². The highest BCUT2D eigenvalue weighted by Crippen LogP contribution is 2.45. The van der Waals surface area contributed by atoms with E-state index in [9.17, 15) is 43.2 Å². The lowest BCUT2D eigenvalue weighted by Crippen LogP contribution is -2.30. The van der Waals surface area contributed by atoms with Crippen LogP contribution < -0.4 is 0 Å². The Hall–Kier alpha value is -1.94. The van der Waals surface area contributed by atoms with Crippen molar-refractivity contribution in [2.75, 3.05) is 39.6 Å². The molecule has 0 amide bonds. The zero-order chi connectivity index (χ0) is 62.2. The van der Waals surface area contributed by atoms with Crippen molar-refractivity contribution in [1.82, 2.24) is 0 Å². The van der Waals surface area contributed by atoms with Gasteiger partial charge in [-0.2, -0.15) is 0 Å². The molecule has 0 aromatic heterocycles. The molecule has 19 heteroatoms. The second-order valence-corrected chi connectivity index (χ2v) is 27.4. The van der Waals surface area contributed by atoms with E-state index in [0.717, 1.165) is 108 Å². The average molecular weight is 1240 g/mol. The Morgan fingerprint density at radius 1 is 0.321 bits per heavy atom. The SMILES string of the molecule is CCCCCCCC(=O)OC[C@H](COP(=O)(O)OC[C@H](O)COP(=O)(O)OC[C@@H](COC(=O)CCCCCCCCCCCCC(C)C)OC(=O)CCCCCCCCCCCCCCCCCCCCC(C)C)OC(=O)CCCCCCC. The van der Waals surface area contributed by atoms with Gasteiger partial charge in [0.25, 0.3) is 0 Å². The van der Waals surface area contributed by atoms with Crippen molar-refractivity contribution < 1.29 is 80.2 Å². The maximum absolute atomic E-state index is 13.0. The van der Waals surface area contributed by atoms with Crippen LogP contribution in [0, 0.1) is 11.8 Å². The van der Waals surface area contributed by atoms with Gasteiger partial charge in [-0.25, -0.2) is 9.13 Å². The van der Waals surface area contributed by atoms with Gasteiger partial charge in [-0.3, -0.25) is 37.3 Å². The third kappa shape index (κ3) is 59.0. The lowest BCUT2D eigenvalue weighted by Gasteiger charge is -2.21. The zero-order valence-corrected chi connectivity index (χ0v) is 56.0. The summed E-state index contributed by atoms with van der Waals surface area (Å²) in [6, 6.07) is 0. The number of phosphoric acid groups is 2. The third-order valence-electron chi connectivity index (χ3n) is 15.0. The van der Waals surface area contributed by atoms with Crippen molar-refractivity contribution in [3.8, 4) is 0 Å². The highest BCUT2D eigenvalue weighted by Gasteiger charge is 2.30. The fraction of sp³-hybridized carbons (Fsp3) is 0.938. The highest BCUT2D eigenvalue weighted by molar-refractivity contribution is 7.47. The van der Waals surface area contributed by atoms with Crippen molar-refractivity contribution in [1.29, 1.82) is 0 Å². The Labute approximate surface area is 511 Å². The van der Waals surface area contributed by atoms with E-state index in [1.54, 1.807) is 0 Å². The zero-order valence-electron chi connectivity index (χ0n) is 54.2. The maximum atomic E-state index is 13.0. The molecule has 3 N–H and O–H groups in total. The first-order valence-corrected chi connectivity index (χ1v) is 37.0. The van der Waals surface area contributed by atoms with Crippen LogP contribution in [-0.4, -0.2) is 96.7 Å². The topological polar surface area (TPSA) is 237 Å². The lowest BCUT2D eigenvalue weighted by molar-refractivity contribution is -0.161. The minimum atomic E-state index is -4.94. The molecule has 0 aliphatic heterocycles. The monoisotopic (exact) mass is 1240 g/mol. The molecule has 0 aliphatic carbocycles. The number of rotatable bonds is 64. The summed E-state index contributed by atoms with van der Waals surface area (Å²) in [5.74, 6) is -0.576. The molecule has 84 heavy (non-hydrogen) atoms. The first-order chi connectivity index (χ1) is 40.4. The van der Waals surface area contributed by atoms with E-state index in [1.807, 2.05) is 0 Å². The van der Waals surface area contributed by atoms with Gasteiger partial charge in [0.05, 0.1) is 26.4 Å². The normalized spacial score (nSPS) is 14.3. The van der Waals surface area contributed by atoms with Crippen molar-refractivity contribution in [2.45, 2.75) is 342 Å². The van der Waals surface area contributed by atoms with Crippen LogP contribution >= 0.6 is 15.6 Å². The van der Waals surface area contributed by atoms with E-state index in [0.29, 0.717) is 25.7 Å². The lowest BCUT2D eigenvalue weighted by atomic mass is 10.0. The largest absolute Gasteiger partial charge is 0.472 e. The number of aliphatic hydroxyl groups is 1. The molecule has 0 saturated carbocycles. The number of aliphatic hydroxyl groups excluding tert-OH is 1. The molecule has 0 saturated heterocycles. The summed E-state index contributed by atoms with van der Waals surface area (Å²) in [6.45, 7) is 9.35. The van der Waals surface area contributed by atoms with Crippen molar-refractivity contribution >= 4 is 39.5 Å². The first kappa shape index (κ1) is 82.1. The molecule has 0 radical (unpaired) electrons. The van der Waals surface area contributed by atoms with Gasteiger partial charge in [0.2, 0.25) is 0 Å². The van der Waals surface area contributed by atoms with Crippen LogP contribution in [0.3, 0.4) is 0 Å². The highest BCUT2D eigenvalue weighted by atomic mass is 31.2. The van der Waals surface area contributed by atoms with Gasteiger partial charge in [0.15, 0.2) is 12.2 Å². The first-order valence-electron chi connectivity index (χ1n) is 34.0. The maximum Gasteiger partial charge on any atom is 0.472 e. The van der Waals surface area contributed by atoms with Gasteiger partial charge in [0, 0.05) is 25.7 Å². The van der Waals surface area contributed by atoms with Gasteiger partial charge in [-0.1, -0.05) is 273 Å². The average Bonchev–Trinajstić information content (AvgIpc) is 3.56. The second-order valence-electron chi connectivity index (χ2n) is 24.5. The fourth-order valence-corrected chi connectivity index (χ4v) is 11.3. The molecule has 0 aromatic rings. The number of hydrogen-bond donors (Lipinski definition) is 3. The van der Waals surface area contributed by atoms with Crippen LogP contribution in [0.4, 0.5) is 0 Å². The Morgan fingerprint density at radius 3 is 0.810 bits per heavy atom. The molecule has 0 bridgehead atoms. The van der Waals surface area contributed by atoms with Crippen LogP contribution in [0.15, 0.2) is 0 Å². The van der Waals surface area contributed by atoms with E-state index < -0.39 is 97.5 Å². The number of unbranched alkanes of at least 4 members (excludes halogenated alkanes) is 34. The molecule has 0 aromatic carbocycles. The summed E-state index contributed by atoms with van der Waals surface area (Å²) < 4.78 is 67.6. The van der Waals surface area contributed by atoms with Gasteiger partial charge >= 0.3 is 39.5 Å². The minimum absolute atomic E-state index is 0.0987. The minimum Gasteiger partial charge on any atom is -0.462 e. The van der Waals surface area contributed by atoms with E-state index in [-0.39, 0.29) is 25.7 Å². The molecule has 0 heterocycles. The van der Waals surface area contributed by atoms with E-state index >= 15 is 0 Å². The predicted molar refractivity (Wildman–Crippen MR) is 335 cm³/mol. The molecular formula is C65H126O17P2. The number of ether oxygens (including phenoxy) is 4. The van der Waals surface area contributed by atoms with Crippen molar-refractivity contribution in [2.24, 2.45) is 11.8 Å². The Bertz CT molecular complexity index is 1650. The van der Waals surface area contributed by atoms with E-state index in [2.05, 4.69) is 41.5 Å². The van der Waals surface area contributed by atoms with Crippen molar-refractivity contribution in [3.05, 3.63) is 0 Å². The van der Waals surface area contributed by atoms with Crippen LogP contribution in [0.1, 0.15) is 324 Å². The van der Waals surface area contributed by atoms with Crippen LogP contribution in [-0.2, 0) is 65.4 Å². The van der Waals surface area contributed by atoms with E-state index in [4.69, 9.17) is 37.0 Å². The summed E-state index contributed by atoms with van der Waals surface area (Å²) in [4.78, 5) is 71.7. The Morgan fingerprint density at radius 2 is 0.548 bits per heavy atom. The molecule has 0 aliphatic rings. The third-order valence-corrected chi connectivity index (χ3v) is 16.9. The summed E-state index contributed by atoms with van der Waals surface area (Å²) in [6.07, 6.45) is 41.3. The van der Waals surface area contributed by atoms with Gasteiger partial charge in [-0.05, 0) is 37.5 Å². The standard InChI is InChI=1S/C65H126O17P2/c1-7-9-11-33-41-47-62(67)75-53-60(81-64(69)49-43-34-12-10-8-2)55-79-83(71,72)77-51-59(66)52-78-84(73,74)80-56-61(54-76-63(68)48-42-37-31-27-24-23-26-30-36-40-46-58(5)6)82-65(70)50-44-38-32-28-22-20-18-16-14-13-15-17-19-21-25-29-35-39-45-57(3)4/h57-61,66H,7-56H2,1-6H3,(H,71,72)(H,73,74)/t59-,60+,61+/m0/s1. The van der Waals surface area contributed by atoms with Crippen molar-refractivity contribution in [3.63, 3.8) is 0 Å². The van der Waals surface area contributed by atoms with E-state index in [1.165, 1.54) is 135 Å². The number of phosphoric ester groups is 2. The summed E-state index contributed by atoms with van der Waals surface area (Å²) >= 11 is 0. The quantitative estimate of drug-likeness (QED) is 0.0222. The second kappa shape index (κ2) is 57.5. The molecular weight excluding hydrogens is 1110 g/mol.